The fourth-order valence-electron chi connectivity index (χ4n) is 3.86. The van der Waals surface area contributed by atoms with E-state index in [4.69, 9.17) is 0 Å². The Bertz CT molecular complexity index is 471. The number of hydrogen-bond acceptors (Lipinski definition) is 0. The Morgan fingerprint density at radius 1 is 0.630 bits per heavy atom. The second kappa shape index (κ2) is 15.1. The Kier molecular flexibility index (Phi) is 14.1. The van der Waals surface area contributed by atoms with Gasteiger partial charge in [0.1, 0.15) is 0 Å². The molecule has 0 aromatic heterocycles. The van der Waals surface area contributed by atoms with E-state index in [9.17, 15) is 0 Å². The van der Waals surface area contributed by atoms with Crippen LogP contribution < -0.4 is 0 Å². The first-order valence-electron chi connectivity index (χ1n) is 11.3. The van der Waals surface area contributed by atoms with Gasteiger partial charge in [0, 0.05) is 10.7 Å². The Hall–Kier alpha value is 0.180. The van der Waals surface area contributed by atoms with E-state index in [1.54, 1.807) is 0 Å². The van der Waals surface area contributed by atoms with Gasteiger partial charge in [-0.2, -0.15) is 0 Å². The van der Waals surface area contributed by atoms with Crippen LogP contribution >= 0.6 is 31.9 Å². The Labute approximate surface area is 186 Å². The minimum atomic E-state index is 0.271. The van der Waals surface area contributed by atoms with Crippen LogP contribution in [0.5, 0.6) is 0 Å². The molecule has 0 aliphatic heterocycles. The molecule has 0 N–H and O–H groups in total. The molecule has 156 valence electrons. The van der Waals surface area contributed by atoms with Crippen molar-refractivity contribution in [1.29, 1.82) is 0 Å². The second-order valence-corrected chi connectivity index (χ2v) is 9.95. The summed E-state index contributed by atoms with van der Waals surface area (Å²) in [6.07, 6.45) is 18.4. The minimum absolute atomic E-state index is 0.271. The van der Waals surface area contributed by atoms with E-state index in [0.717, 1.165) is 10.7 Å². The molecule has 0 saturated carbocycles. The first kappa shape index (κ1) is 25.2. The van der Waals surface area contributed by atoms with Crippen molar-refractivity contribution in [2.75, 3.05) is 0 Å². The van der Waals surface area contributed by atoms with E-state index in [1.165, 1.54) is 100 Å². The molecule has 27 heavy (non-hydrogen) atoms. The molecule has 0 atom stereocenters. The predicted molar refractivity (Wildman–Crippen MR) is 130 cm³/mol. The highest BCUT2D eigenvalue weighted by Gasteiger charge is 2.21. The molecule has 0 saturated heterocycles. The molecule has 0 aliphatic rings. The Morgan fingerprint density at radius 2 is 1.04 bits per heavy atom. The van der Waals surface area contributed by atoms with E-state index in [2.05, 4.69) is 70.8 Å². The molecule has 1 aromatic rings. The maximum atomic E-state index is 3.62. The molecule has 2 heteroatoms. The smallest absolute Gasteiger partial charge is 0.0283 e. The SMILES string of the molecule is CCCCCCCCCCCCCCC(C)(C)c1cc(CBr)cc(CBr)c1. The van der Waals surface area contributed by atoms with E-state index in [0.29, 0.717) is 0 Å². The average Bonchev–Trinajstić information content (AvgIpc) is 2.68. The lowest BCUT2D eigenvalue weighted by Crippen LogP contribution is -2.17. The molecular weight excluding hydrogens is 460 g/mol. The molecule has 1 aromatic carbocycles. The van der Waals surface area contributed by atoms with Crippen molar-refractivity contribution in [3.8, 4) is 0 Å². The third-order valence-corrected chi connectivity index (χ3v) is 7.09. The fraction of sp³-hybridized carbons (Fsp3) is 0.760. The maximum Gasteiger partial charge on any atom is 0.0283 e. The summed E-state index contributed by atoms with van der Waals surface area (Å²) in [6, 6.07) is 7.08. The zero-order valence-corrected chi connectivity index (χ0v) is 21.3. The van der Waals surface area contributed by atoms with Gasteiger partial charge in [0.2, 0.25) is 0 Å². The number of rotatable bonds is 16. The first-order valence-corrected chi connectivity index (χ1v) is 13.5. The summed E-state index contributed by atoms with van der Waals surface area (Å²) >= 11 is 7.24. The quantitative estimate of drug-likeness (QED) is 0.156. The molecular formula is C25H42Br2. The number of benzene rings is 1. The summed E-state index contributed by atoms with van der Waals surface area (Å²) < 4.78 is 0. The lowest BCUT2D eigenvalue weighted by Gasteiger charge is -2.26. The van der Waals surface area contributed by atoms with Crippen molar-refractivity contribution in [2.45, 2.75) is 120 Å². The summed E-state index contributed by atoms with van der Waals surface area (Å²) in [6.45, 7) is 7.12. The largest absolute Gasteiger partial charge is 0.0876 e. The first-order chi connectivity index (χ1) is 13.0. The molecule has 1 rings (SSSR count). The van der Waals surface area contributed by atoms with E-state index >= 15 is 0 Å². The summed E-state index contributed by atoms with van der Waals surface area (Å²) in [5.74, 6) is 0. The highest BCUT2D eigenvalue weighted by Crippen LogP contribution is 2.32. The highest BCUT2D eigenvalue weighted by molar-refractivity contribution is 9.08. The molecule has 0 nitrogen and oxygen atoms in total. The van der Waals surface area contributed by atoms with Crippen LogP contribution in [0.25, 0.3) is 0 Å². The van der Waals surface area contributed by atoms with Crippen molar-refractivity contribution in [2.24, 2.45) is 0 Å². The van der Waals surface area contributed by atoms with Crippen LogP contribution in [0, 0.1) is 0 Å². The topological polar surface area (TPSA) is 0 Å². The highest BCUT2D eigenvalue weighted by atomic mass is 79.9. The van der Waals surface area contributed by atoms with Gasteiger partial charge >= 0.3 is 0 Å². The van der Waals surface area contributed by atoms with Crippen LogP contribution in [-0.4, -0.2) is 0 Å². The molecule has 0 amide bonds. The summed E-state index contributed by atoms with van der Waals surface area (Å²) in [5.41, 5.74) is 4.56. The summed E-state index contributed by atoms with van der Waals surface area (Å²) in [5, 5.41) is 1.88. The Morgan fingerprint density at radius 3 is 1.44 bits per heavy atom. The second-order valence-electron chi connectivity index (χ2n) is 8.83. The van der Waals surface area contributed by atoms with Gasteiger partial charge in [0.05, 0.1) is 0 Å². The summed E-state index contributed by atoms with van der Waals surface area (Å²) in [7, 11) is 0. The van der Waals surface area contributed by atoms with Gasteiger partial charge in [-0.15, -0.1) is 0 Å². The molecule has 0 unspecified atom stereocenters. The van der Waals surface area contributed by atoms with Crippen LogP contribution in [0.2, 0.25) is 0 Å². The van der Waals surface area contributed by atoms with Gasteiger partial charge in [0.15, 0.2) is 0 Å². The molecule has 0 aliphatic carbocycles. The van der Waals surface area contributed by atoms with Gasteiger partial charge in [0.25, 0.3) is 0 Å². The number of unbranched alkanes of at least 4 members (excludes halogenated alkanes) is 11. The Balaban J connectivity index is 2.18. The molecule has 0 bridgehead atoms. The van der Waals surface area contributed by atoms with E-state index < -0.39 is 0 Å². The third kappa shape index (κ3) is 11.1. The monoisotopic (exact) mass is 500 g/mol. The minimum Gasteiger partial charge on any atom is -0.0876 e. The lowest BCUT2D eigenvalue weighted by atomic mass is 9.79. The van der Waals surface area contributed by atoms with Crippen LogP contribution in [0.4, 0.5) is 0 Å². The average molecular weight is 502 g/mol. The third-order valence-electron chi connectivity index (χ3n) is 5.80. The van der Waals surface area contributed by atoms with Gasteiger partial charge < -0.3 is 0 Å². The molecule has 0 radical (unpaired) electrons. The van der Waals surface area contributed by atoms with Crippen LogP contribution in [0.1, 0.15) is 121 Å². The van der Waals surface area contributed by atoms with Crippen LogP contribution in [-0.2, 0) is 16.1 Å². The lowest BCUT2D eigenvalue weighted by molar-refractivity contribution is 0.440. The van der Waals surface area contributed by atoms with Crippen molar-refractivity contribution in [1.82, 2.24) is 0 Å². The van der Waals surface area contributed by atoms with E-state index in [-0.39, 0.29) is 5.41 Å². The number of halogens is 2. The van der Waals surface area contributed by atoms with Crippen LogP contribution in [0.15, 0.2) is 18.2 Å². The van der Waals surface area contributed by atoms with Crippen molar-refractivity contribution in [3.05, 3.63) is 34.9 Å². The van der Waals surface area contributed by atoms with Gasteiger partial charge in [-0.05, 0) is 28.5 Å². The standard InChI is InChI=1S/C25H42Br2/c1-4-5-6-7-8-9-10-11-12-13-14-15-16-25(2,3)24-18-22(20-26)17-23(19-24)21-27/h17-19H,4-16,20-21H2,1-3H3. The van der Waals surface area contributed by atoms with Crippen molar-refractivity contribution >= 4 is 31.9 Å². The normalized spacial score (nSPS) is 11.9. The summed E-state index contributed by atoms with van der Waals surface area (Å²) in [4.78, 5) is 0. The van der Waals surface area contributed by atoms with Crippen LogP contribution in [0.3, 0.4) is 0 Å². The van der Waals surface area contributed by atoms with Gasteiger partial charge in [-0.1, -0.05) is 148 Å². The zero-order chi connectivity index (χ0) is 20.0. The predicted octanol–water partition coefficient (Wildman–Crippen LogP) is 9.85. The maximum absolute atomic E-state index is 3.62. The number of alkyl halides is 2. The molecule has 0 fully saturated rings. The van der Waals surface area contributed by atoms with Crippen molar-refractivity contribution in [3.63, 3.8) is 0 Å². The number of hydrogen-bond donors (Lipinski definition) is 0. The molecule has 0 spiro atoms. The zero-order valence-electron chi connectivity index (χ0n) is 18.1. The van der Waals surface area contributed by atoms with E-state index in [1.807, 2.05) is 0 Å². The van der Waals surface area contributed by atoms with Crippen molar-refractivity contribution < 1.29 is 0 Å². The fourth-order valence-corrected chi connectivity index (χ4v) is 4.51. The molecule has 0 heterocycles. The van der Waals surface area contributed by atoms with Gasteiger partial charge in [-0.25, -0.2) is 0 Å². The van der Waals surface area contributed by atoms with Gasteiger partial charge in [-0.3, -0.25) is 0 Å².